The summed E-state index contributed by atoms with van der Waals surface area (Å²) in [5.41, 5.74) is 91.7. The van der Waals surface area contributed by atoms with E-state index < -0.39 is 0 Å². The van der Waals surface area contributed by atoms with Crippen molar-refractivity contribution in [3.05, 3.63) is 507 Å². The summed E-state index contributed by atoms with van der Waals surface area (Å²) in [5, 5.41) is 13.7. The molecule has 1 aromatic heterocycles. The Kier molecular flexibility index (Phi) is 28.7. The van der Waals surface area contributed by atoms with Gasteiger partial charge in [-0.25, -0.2) is 4.98 Å². The van der Waals surface area contributed by atoms with Gasteiger partial charge in [0.05, 0.1) is 18.0 Å². The van der Waals surface area contributed by atoms with Gasteiger partial charge in [-0.2, -0.15) is 5.26 Å². The molecule has 0 radical (unpaired) electrons. The van der Waals surface area contributed by atoms with Crippen LogP contribution in [0.1, 0.15) is 142 Å². The van der Waals surface area contributed by atoms with Gasteiger partial charge in [-0.05, 0) is 288 Å². The molecule has 0 aliphatic carbocycles. The van der Waals surface area contributed by atoms with Gasteiger partial charge in [-0.1, -0.05) is 261 Å². The van der Waals surface area contributed by atoms with Crippen molar-refractivity contribution in [2.75, 3.05) is 57.3 Å². The smallest absolute Gasteiger partial charge is 0.0991 e. The Morgan fingerprint density at radius 3 is 0.896 bits per heavy atom. The lowest BCUT2D eigenvalue weighted by Crippen LogP contribution is -2.06. The fraction of sp³-hybridized carbons (Fsp3) is 0.0893. The van der Waals surface area contributed by atoms with Crippen molar-refractivity contribution in [1.29, 1.82) is 5.26 Å². The van der Waals surface area contributed by atoms with E-state index in [2.05, 4.69) is 263 Å². The minimum Gasteiger partial charge on any atom is -0.399 e. The summed E-state index contributed by atoms with van der Waals surface area (Å²) >= 11 is 0. The molecule has 13 nitrogen and oxygen atoms in total. The average molecular weight is 1640 g/mol. The number of imidazole rings is 1. The van der Waals surface area contributed by atoms with E-state index >= 15 is 0 Å². The van der Waals surface area contributed by atoms with E-state index in [-0.39, 0.29) is 23.7 Å². The standard InChI is InChI=1S/C33H26N2.2C21H22N2.C20H17N3.C14H16N2.C3H4N2/c34-31-16-14-25-18-29(12-10-27(25)20-31)33(30-13-11-28-21-32(35)17-15-26(28)19-30)24-8-6-23(7-9-24)22-4-2-1-3-5-22;1-14-3-12-20(15(2)13-14)21(16-4-8-18(22)9-5-16)17-6-10-19(23)11-7-17;1-14-3-4-18(13-15(14)2)21(16-5-9-19(22)10-6-16)17-7-11-20(23)12-8-17;21-13-14-1-3-15(4-2-14)20(16-5-9-18(22)10-6-16)17-7-11-19(23)12-8-17;1-10(11-2-6-13(15)7-3-11)12-4-8-14(16)9-5-12;1-2-5-3-4-1/h1-21,33H,34-35H2;2*3-13,21H,22-23H2,1-2H3;1-12,20H,22-23H2;2-10H,15-16H2,1H3;1-3H,(H,4,5). The van der Waals surface area contributed by atoms with E-state index in [4.69, 9.17) is 62.6 Å². The van der Waals surface area contributed by atoms with Crippen LogP contribution in [0.5, 0.6) is 0 Å². The largest absolute Gasteiger partial charge is 0.399 e. The number of hydrogen-bond donors (Lipinski definition) is 11. The van der Waals surface area contributed by atoms with Crippen LogP contribution < -0.4 is 57.3 Å². The van der Waals surface area contributed by atoms with Crippen molar-refractivity contribution in [2.24, 2.45) is 0 Å². The van der Waals surface area contributed by atoms with Gasteiger partial charge >= 0.3 is 0 Å². The second kappa shape index (κ2) is 41.3. The third-order valence-corrected chi connectivity index (χ3v) is 22.7. The van der Waals surface area contributed by atoms with Gasteiger partial charge < -0.3 is 62.3 Å². The van der Waals surface area contributed by atoms with E-state index in [0.717, 1.165) is 84.3 Å². The summed E-state index contributed by atoms with van der Waals surface area (Å²) < 4.78 is 0. The van der Waals surface area contributed by atoms with Crippen LogP contribution in [0.25, 0.3) is 32.7 Å². The van der Waals surface area contributed by atoms with E-state index in [1.54, 1.807) is 18.7 Å². The lowest BCUT2D eigenvalue weighted by atomic mass is 9.82. The maximum absolute atomic E-state index is 8.98. The Hall–Kier alpha value is -16.0. The molecule has 0 saturated heterocycles. The molecule has 0 aliphatic heterocycles. The second-order valence-corrected chi connectivity index (χ2v) is 31.7. The Morgan fingerprint density at radius 2 is 0.552 bits per heavy atom. The number of fused-ring (bicyclic) bond motifs is 2. The van der Waals surface area contributed by atoms with Crippen LogP contribution in [0.4, 0.5) is 56.9 Å². The van der Waals surface area contributed by atoms with E-state index in [0.29, 0.717) is 11.5 Å². The summed E-state index contributed by atoms with van der Waals surface area (Å²) in [6, 6.07) is 132. The first kappa shape index (κ1) is 86.8. The molecule has 18 rings (SSSR count). The van der Waals surface area contributed by atoms with Gasteiger partial charge in [0.15, 0.2) is 0 Å². The molecule has 0 amide bonds. The number of hydrogen-bond acceptors (Lipinski definition) is 12. The van der Waals surface area contributed by atoms with Crippen molar-refractivity contribution in [2.45, 2.75) is 64.2 Å². The van der Waals surface area contributed by atoms with Gasteiger partial charge in [0.2, 0.25) is 0 Å². The molecule has 0 saturated carbocycles. The van der Waals surface area contributed by atoms with Crippen LogP contribution in [-0.2, 0) is 0 Å². The van der Waals surface area contributed by atoms with Crippen LogP contribution in [0.2, 0.25) is 0 Å². The van der Waals surface area contributed by atoms with Crippen LogP contribution in [0, 0.1) is 39.0 Å². The molecule has 13 heteroatoms. The SMILES string of the molecule is CC(c1ccc(N)cc1)c1ccc(N)cc1.Cc1ccc(C(c2ccc(N)cc2)c2ccc(N)cc2)c(C)c1.Cc1ccc(C(c2ccc(N)cc2)c2ccc(N)cc2)cc1C.N#Cc1ccc(C(c2ccc(N)cc2)c2ccc(N)cc2)cc1.Nc1ccc2cc(C(c3ccc(-c4ccccc4)cc3)c3ccc4cc(N)ccc4c3)ccc2c1.c1c[nH]cn1. The minimum atomic E-state index is 0.0731. The fourth-order valence-corrected chi connectivity index (χ4v) is 15.7. The highest BCUT2D eigenvalue weighted by atomic mass is 14.8. The lowest BCUT2D eigenvalue weighted by molar-refractivity contribution is 0.923. The summed E-state index contributed by atoms with van der Waals surface area (Å²) in [6.45, 7) is 10.8. The molecule has 620 valence electrons. The number of aromatic amines is 1. The molecule has 0 spiro atoms. The molecule has 0 fully saturated rings. The Bertz CT molecular complexity index is 6250. The van der Waals surface area contributed by atoms with Crippen molar-refractivity contribution in [3.63, 3.8) is 0 Å². The highest BCUT2D eigenvalue weighted by Crippen LogP contribution is 2.41. The molecule has 17 aromatic carbocycles. The molecular weight excluding hydrogens is 1530 g/mol. The van der Waals surface area contributed by atoms with Crippen molar-refractivity contribution in [3.8, 4) is 17.2 Å². The molecule has 1 heterocycles. The predicted molar refractivity (Wildman–Crippen MR) is 528 cm³/mol. The number of nitrogens with zero attached hydrogens (tertiary/aromatic N) is 2. The summed E-state index contributed by atoms with van der Waals surface area (Å²) in [6.07, 6.45) is 5.08. The Balaban J connectivity index is 0.000000135. The molecule has 0 atom stereocenters. The van der Waals surface area contributed by atoms with Gasteiger partial charge in [-0.3, -0.25) is 0 Å². The van der Waals surface area contributed by atoms with Crippen molar-refractivity contribution >= 4 is 78.4 Å². The van der Waals surface area contributed by atoms with Gasteiger partial charge in [0.25, 0.3) is 0 Å². The van der Waals surface area contributed by atoms with Crippen LogP contribution in [0.3, 0.4) is 0 Å². The van der Waals surface area contributed by atoms with Crippen molar-refractivity contribution in [1.82, 2.24) is 9.97 Å². The molecule has 125 heavy (non-hydrogen) atoms. The zero-order valence-corrected chi connectivity index (χ0v) is 71.2. The normalized spacial score (nSPS) is 10.8. The summed E-state index contributed by atoms with van der Waals surface area (Å²) in [4.78, 5) is 6.42. The number of nitrogen functional groups attached to an aromatic ring is 10. The third kappa shape index (κ3) is 23.1. The topological polar surface area (TPSA) is 313 Å². The Morgan fingerprint density at radius 1 is 0.256 bits per heavy atom. The average Bonchev–Trinajstić information content (AvgIpc) is 0.984. The number of aromatic nitrogens is 2. The maximum Gasteiger partial charge on any atom is 0.0991 e. The first-order chi connectivity index (χ1) is 60.6. The van der Waals surface area contributed by atoms with Crippen molar-refractivity contribution < 1.29 is 0 Å². The first-order valence-electron chi connectivity index (χ1n) is 41.7. The molecule has 18 aromatic rings. The van der Waals surface area contributed by atoms with Gasteiger partial charge in [-0.15, -0.1) is 0 Å². The van der Waals surface area contributed by atoms with Crippen LogP contribution in [-0.4, -0.2) is 9.97 Å². The summed E-state index contributed by atoms with van der Waals surface area (Å²) in [7, 11) is 0. The number of nitrogens with two attached hydrogens (primary N) is 10. The Labute approximate surface area is 734 Å². The second-order valence-electron chi connectivity index (χ2n) is 31.7. The quantitative estimate of drug-likeness (QED) is 0.0337. The first-order valence-corrected chi connectivity index (χ1v) is 41.7. The molecule has 0 unspecified atom stereocenters. The van der Waals surface area contributed by atoms with Gasteiger partial charge in [0, 0.05) is 98.9 Å². The highest BCUT2D eigenvalue weighted by Gasteiger charge is 2.23. The zero-order valence-electron chi connectivity index (χ0n) is 71.2. The number of nitrogens with one attached hydrogen (secondary N) is 1. The third-order valence-electron chi connectivity index (χ3n) is 22.7. The number of benzene rings is 17. The molecular formula is C112H107N13. The number of anilines is 10. The number of rotatable bonds is 15. The maximum atomic E-state index is 8.98. The van der Waals surface area contributed by atoms with E-state index in [1.807, 2.05) is 170 Å². The highest BCUT2D eigenvalue weighted by molar-refractivity contribution is 5.88. The monoisotopic (exact) mass is 1630 g/mol. The van der Waals surface area contributed by atoms with E-state index in [1.165, 1.54) is 105 Å². The molecule has 0 aliphatic rings. The number of H-pyrrole nitrogens is 1. The molecule has 0 bridgehead atoms. The fourth-order valence-electron chi connectivity index (χ4n) is 15.7. The van der Waals surface area contributed by atoms with Crippen LogP contribution >= 0.6 is 0 Å². The zero-order chi connectivity index (χ0) is 87.9. The minimum absolute atomic E-state index is 0.0731. The number of aryl methyl sites for hydroxylation is 4. The number of nitriles is 1. The predicted octanol–water partition coefficient (Wildman–Crippen LogP) is 24.6. The summed E-state index contributed by atoms with van der Waals surface area (Å²) in [5.74, 6) is 0.890. The van der Waals surface area contributed by atoms with Crippen LogP contribution in [0.15, 0.2) is 401 Å². The van der Waals surface area contributed by atoms with E-state index in [9.17, 15) is 0 Å². The lowest BCUT2D eigenvalue weighted by Gasteiger charge is -2.21. The van der Waals surface area contributed by atoms with Gasteiger partial charge in [0.1, 0.15) is 0 Å². The molecule has 21 N–H and O–H groups in total.